The zero-order chi connectivity index (χ0) is 12.3. The molecule has 1 aromatic carbocycles. The van der Waals surface area contributed by atoms with Gasteiger partial charge in [-0.2, -0.15) is 0 Å². The lowest BCUT2D eigenvalue weighted by Gasteiger charge is -2.17. The lowest BCUT2D eigenvalue weighted by molar-refractivity contribution is 0.0972. The number of Topliss-reactive ketones (excluding diaryl/α,β-unsaturated/α-hetero) is 1. The summed E-state index contributed by atoms with van der Waals surface area (Å²) in [5.41, 5.74) is 6.40. The Morgan fingerprint density at radius 1 is 1.44 bits per heavy atom. The lowest BCUT2D eigenvalue weighted by Crippen LogP contribution is -2.32. The molecule has 0 aliphatic rings. The predicted molar refractivity (Wildman–Crippen MR) is 63.0 cm³/mol. The lowest BCUT2D eigenvalue weighted by atomic mass is 9.95. The van der Waals surface area contributed by atoms with Crippen molar-refractivity contribution in [2.24, 2.45) is 5.73 Å². The van der Waals surface area contributed by atoms with Crippen LogP contribution in [0.4, 0.5) is 4.39 Å². The molecule has 0 amide bonds. The summed E-state index contributed by atoms with van der Waals surface area (Å²) in [6, 6.07) is 4.57. The Bertz CT molecular complexity index is 393. The first-order chi connectivity index (χ1) is 7.29. The van der Waals surface area contributed by atoms with Crippen LogP contribution in [0.15, 0.2) is 18.2 Å². The van der Waals surface area contributed by atoms with E-state index in [0.29, 0.717) is 24.0 Å². The molecule has 0 aliphatic carbocycles. The van der Waals surface area contributed by atoms with Crippen molar-refractivity contribution in [1.82, 2.24) is 0 Å². The van der Waals surface area contributed by atoms with Gasteiger partial charge in [0.25, 0.3) is 0 Å². The molecular formula is C13H18FNO. The molecule has 1 rings (SSSR count). The third kappa shape index (κ3) is 3.74. The maximum absolute atomic E-state index is 13.2. The second kappa shape index (κ2) is 4.74. The van der Waals surface area contributed by atoms with Gasteiger partial charge >= 0.3 is 0 Å². The first-order valence-corrected chi connectivity index (χ1v) is 5.38. The van der Waals surface area contributed by atoms with Gasteiger partial charge in [-0.05, 0) is 38.8 Å². The van der Waals surface area contributed by atoms with Crippen molar-refractivity contribution in [3.05, 3.63) is 35.1 Å². The molecule has 0 saturated heterocycles. The molecule has 88 valence electrons. The van der Waals surface area contributed by atoms with Gasteiger partial charge in [0.1, 0.15) is 5.82 Å². The number of hydrogen-bond acceptors (Lipinski definition) is 2. The Balaban J connectivity index is 2.70. The molecule has 3 heteroatoms. The molecule has 0 spiro atoms. The van der Waals surface area contributed by atoms with Crippen LogP contribution >= 0.6 is 0 Å². The maximum atomic E-state index is 13.2. The third-order valence-corrected chi connectivity index (χ3v) is 2.49. The van der Waals surface area contributed by atoms with Crippen LogP contribution < -0.4 is 5.73 Å². The number of benzene rings is 1. The summed E-state index contributed by atoms with van der Waals surface area (Å²) in [5, 5.41) is 0. The average molecular weight is 223 g/mol. The Morgan fingerprint density at radius 3 is 2.56 bits per heavy atom. The minimum Gasteiger partial charge on any atom is -0.326 e. The smallest absolute Gasteiger partial charge is 0.163 e. The fraction of sp³-hybridized carbons (Fsp3) is 0.462. The molecule has 2 N–H and O–H groups in total. The number of nitrogens with two attached hydrogens (primary N) is 1. The van der Waals surface area contributed by atoms with E-state index in [0.717, 1.165) is 0 Å². The van der Waals surface area contributed by atoms with Gasteiger partial charge in [0.05, 0.1) is 0 Å². The number of ketones is 1. The van der Waals surface area contributed by atoms with Crippen LogP contribution in [-0.2, 0) is 0 Å². The summed E-state index contributed by atoms with van der Waals surface area (Å²) >= 11 is 0. The Morgan fingerprint density at radius 2 is 2.06 bits per heavy atom. The summed E-state index contributed by atoms with van der Waals surface area (Å²) in [5.74, 6) is -0.393. The molecule has 0 atom stereocenters. The number of rotatable bonds is 4. The van der Waals surface area contributed by atoms with Crippen LogP contribution in [0.1, 0.15) is 42.6 Å². The Kier molecular flexibility index (Phi) is 3.81. The number of halogens is 1. The van der Waals surface area contributed by atoms with E-state index in [2.05, 4.69) is 0 Å². The minimum absolute atomic E-state index is 0.0579. The van der Waals surface area contributed by atoms with E-state index in [1.807, 2.05) is 13.8 Å². The van der Waals surface area contributed by atoms with E-state index in [-0.39, 0.29) is 17.1 Å². The molecule has 2 nitrogen and oxygen atoms in total. The maximum Gasteiger partial charge on any atom is 0.163 e. The van der Waals surface area contributed by atoms with E-state index in [1.165, 1.54) is 6.07 Å². The van der Waals surface area contributed by atoms with E-state index in [9.17, 15) is 9.18 Å². The fourth-order valence-corrected chi connectivity index (χ4v) is 1.35. The van der Waals surface area contributed by atoms with Crippen molar-refractivity contribution < 1.29 is 9.18 Å². The van der Waals surface area contributed by atoms with Crippen molar-refractivity contribution in [2.75, 3.05) is 0 Å². The number of hydrogen-bond donors (Lipinski definition) is 1. The molecular weight excluding hydrogens is 205 g/mol. The minimum atomic E-state index is -0.362. The second-order valence-corrected chi connectivity index (χ2v) is 4.88. The summed E-state index contributed by atoms with van der Waals surface area (Å²) in [6.45, 7) is 5.42. The van der Waals surface area contributed by atoms with Crippen LogP contribution in [0, 0.1) is 12.7 Å². The highest BCUT2D eigenvalue weighted by molar-refractivity contribution is 5.96. The van der Waals surface area contributed by atoms with Gasteiger partial charge in [0, 0.05) is 17.5 Å². The number of carbonyl (C=O) groups is 1. The van der Waals surface area contributed by atoms with Crippen LogP contribution in [-0.4, -0.2) is 11.3 Å². The average Bonchev–Trinajstić information content (AvgIpc) is 2.17. The quantitative estimate of drug-likeness (QED) is 0.797. The van der Waals surface area contributed by atoms with E-state index in [4.69, 9.17) is 5.73 Å². The summed E-state index contributed by atoms with van der Waals surface area (Å²) in [4.78, 5) is 11.7. The summed E-state index contributed by atoms with van der Waals surface area (Å²) < 4.78 is 13.2. The normalized spacial score (nSPS) is 11.6. The fourth-order valence-electron chi connectivity index (χ4n) is 1.35. The molecule has 0 radical (unpaired) electrons. The van der Waals surface area contributed by atoms with Crippen molar-refractivity contribution in [3.63, 3.8) is 0 Å². The van der Waals surface area contributed by atoms with Gasteiger partial charge in [-0.3, -0.25) is 4.79 Å². The van der Waals surface area contributed by atoms with Crippen LogP contribution in [0.25, 0.3) is 0 Å². The van der Waals surface area contributed by atoms with Gasteiger partial charge in [-0.15, -0.1) is 0 Å². The van der Waals surface area contributed by atoms with E-state index < -0.39 is 0 Å². The second-order valence-electron chi connectivity index (χ2n) is 4.88. The third-order valence-electron chi connectivity index (χ3n) is 2.49. The first kappa shape index (κ1) is 12.8. The molecule has 0 aliphatic heterocycles. The highest BCUT2D eigenvalue weighted by atomic mass is 19.1. The van der Waals surface area contributed by atoms with E-state index >= 15 is 0 Å². The Labute approximate surface area is 95.7 Å². The zero-order valence-corrected chi connectivity index (χ0v) is 10.0. The monoisotopic (exact) mass is 223 g/mol. The topological polar surface area (TPSA) is 43.1 Å². The Hall–Kier alpha value is -1.22. The molecule has 0 saturated carbocycles. The van der Waals surface area contributed by atoms with Crippen LogP contribution in [0.3, 0.4) is 0 Å². The number of aryl methyl sites for hydroxylation is 1. The van der Waals surface area contributed by atoms with Crippen molar-refractivity contribution >= 4 is 5.78 Å². The molecule has 0 unspecified atom stereocenters. The summed E-state index contributed by atoms with van der Waals surface area (Å²) in [6.07, 6.45) is 0.952. The van der Waals surface area contributed by atoms with Crippen molar-refractivity contribution in [1.29, 1.82) is 0 Å². The van der Waals surface area contributed by atoms with Crippen molar-refractivity contribution in [2.45, 2.75) is 39.2 Å². The zero-order valence-electron chi connectivity index (χ0n) is 10.0. The van der Waals surface area contributed by atoms with Crippen LogP contribution in [0.2, 0.25) is 0 Å². The largest absolute Gasteiger partial charge is 0.326 e. The summed E-state index contributed by atoms with van der Waals surface area (Å²) in [7, 11) is 0. The highest BCUT2D eigenvalue weighted by Gasteiger charge is 2.15. The van der Waals surface area contributed by atoms with Gasteiger partial charge in [0.15, 0.2) is 5.78 Å². The first-order valence-electron chi connectivity index (χ1n) is 5.38. The molecule has 0 heterocycles. The van der Waals surface area contributed by atoms with Gasteiger partial charge in [0.2, 0.25) is 0 Å². The van der Waals surface area contributed by atoms with Gasteiger partial charge in [-0.25, -0.2) is 4.39 Å². The highest BCUT2D eigenvalue weighted by Crippen LogP contribution is 2.14. The van der Waals surface area contributed by atoms with Gasteiger partial charge < -0.3 is 5.73 Å². The molecule has 0 bridgehead atoms. The van der Waals surface area contributed by atoms with Crippen LogP contribution in [0.5, 0.6) is 0 Å². The predicted octanol–water partition coefficient (Wildman–Crippen LogP) is 2.83. The van der Waals surface area contributed by atoms with Gasteiger partial charge in [-0.1, -0.05) is 12.1 Å². The SMILES string of the molecule is Cc1ccc(C(=O)CCC(C)(C)N)cc1F. The molecule has 0 aromatic heterocycles. The number of carbonyl (C=O) groups excluding carboxylic acids is 1. The molecule has 0 fully saturated rings. The standard InChI is InChI=1S/C13H18FNO/c1-9-4-5-10(8-11(9)14)12(16)6-7-13(2,3)15/h4-5,8H,6-7,15H2,1-3H3. The molecule has 16 heavy (non-hydrogen) atoms. The van der Waals surface area contributed by atoms with E-state index in [1.54, 1.807) is 19.1 Å². The van der Waals surface area contributed by atoms with Crippen molar-refractivity contribution in [3.8, 4) is 0 Å². The molecule has 1 aromatic rings.